The van der Waals surface area contributed by atoms with E-state index in [9.17, 15) is 0 Å². The number of rotatable bonds is 8. The van der Waals surface area contributed by atoms with Crippen LogP contribution in [-0.2, 0) is 0 Å². The van der Waals surface area contributed by atoms with Crippen molar-refractivity contribution in [3.8, 4) is 78.4 Å². The standard InChI is InChI=1S/C52H36N4/c53-33-14-4-11-26-45-54-51(37-20-9-3-10-21-37)56-52(55-45)38-29-27-34(28-30-38)39-31-32-44-48-40(39)24-15-25-43(48)49-46(35-16-5-1-6-17-35)41-22-12-13-23-42(41)47(50(44)49)36-18-7-2-8-19-36/h1-32H,33,53H2/b14-4-,26-11+. The van der Waals surface area contributed by atoms with Crippen molar-refractivity contribution in [1.29, 1.82) is 0 Å². The van der Waals surface area contributed by atoms with Crippen molar-refractivity contribution in [2.75, 3.05) is 6.54 Å². The summed E-state index contributed by atoms with van der Waals surface area (Å²) < 4.78 is 0. The van der Waals surface area contributed by atoms with E-state index in [-0.39, 0.29) is 0 Å². The molecule has 10 rings (SSSR count). The van der Waals surface area contributed by atoms with Crippen molar-refractivity contribution in [3.05, 3.63) is 194 Å². The van der Waals surface area contributed by atoms with Gasteiger partial charge in [0.1, 0.15) is 0 Å². The van der Waals surface area contributed by atoms with Crippen LogP contribution in [0.1, 0.15) is 5.82 Å². The van der Waals surface area contributed by atoms with E-state index >= 15 is 0 Å². The summed E-state index contributed by atoms with van der Waals surface area (Å²) in [6.45, 7) is 0.473. The van der Waals surface area contributed by atoms with E-state index in [0.29, 0.717) is 24.0 Å². The number of aromatic nitrogens is 3. The van der Waals surface area contributed by atoms with Crippen LogP contribution in [0.5, 0.6) is 0 Å². The second-order valence-electron chi connectivity index (χ2n) is 14.0. The predicted octanol–water partition coefficient (Wildman–Crippen LogP) is 12.7. The molecule has 4 heteroatoms. The quantitative estimate of drug-likeness (QED) is 0.159. The Bertz CT molecular complexity index is 2880. The lowest BCUT2D eigenvalue weighted by molar-refractivity contribution is 1.04. The summed E-state index contributed by atoms with van der Waals surface area (Å²) in [6, 6.07) is 60.7. The minimum atomic E-state index is 0.473. The van der Waals surface area contributed by atoms with Gasteiger partial charge >= 0.3 is 0 Å². The van der Waals surface area contributed by atoms with Crippen molar-refractivity contribution in [2.24, 2.45) is 5.73 Å². The van der Waals surface area contributed by atoms with Gasteiger partial charge in [-0.05, 0) is 83.3 Å². The van der Waals surface area contributed by atoms with Crippen LogP contribution in [0.25, 0.3) is 106 Å². The zero-order chi connectivity index (χ0) is 37.4. The lowest BCUT2D eigenvalue weighted by Crippen LogP contribution is -1.99. The summed E-state index contributed by atoms with van der Waals surface area (Å²) in [5.74, 6) is 1.84. The molecule has 0 aliphatic heterocycles. The molecule has 0 amide bonds. The smallest absolute Gasteiger partial charge is 0.164 e. The molecule has 9 aromatic rings. The Hall–Kier alpha value is -7.27. The van der Waals surface area contributed by atoms with Crippen LogP contribution in [0.4, 0.5) is 0 Å². The number of benzene rings is 8. The van der Waals surface area contributed by atoms with E-state index in [1.165, 1.54) is 71.6 Å². The molecule has 264 valence electrons. The molecule has 0 spiro atoms. The molecule has 0 unspecified atom stereocenters. The van der Waals surface area contributed by atoms with Gasteiger partial charge < -0.3 is 5.73 Å². The van der Waals surface area contributed by atoms with Gasteiger partial charge in [-0.15, -0.1) is 0 Å². The second kappa shape index (κ2) is 14.2. The average Bonchev–Trinajstić information content (AvgIpc) is 3.60. The van der Waals surface area contributed by atoms with E-state index in [0.717, 1.165) is 16.7 Å². The summed E-state index contributed by atoms with van der Waals surface area (Å²) in [6.07, 6.45) is 7.59. The number of nitrogens with two attached hydrogens (primary N) is 1. The number of allylic oxidation sites excluding steroid dienone is 2. The Labute approximate surface area is 326 Å². The lowest BCUT2D eigenvalue weighted by Gasteiger charge is -2.20. The number of fused-ring (bicyclic) bond motifs is 4. The van der Waals surface area contributed by atoms with E-state index < -0.39 is 0 Å². The highest BCUT2D eigenvalue weighted by Gasteiger charge is 2.31. The van der Waals surface area contributed by atoms with Crippen LogP contribution in [-0.4, -0.2) is 21.5 Å². The molecule has 0 radical (unpaired) electrons. The molecule has 0 bridgehead atoms. The van der Waals surface area contributed by atoms with Crippen molar-refractivity contribution >= 4 is 27.6 Å². The predicted molar refractivity (Wildman–Crippen MR) is 234 cm³/mol. The number of hydrogen-bond donors (Lipinski definition) is 1. The first kappa shape index (κ1) is 33.3. The number of nitrogens with zero attached hydrogens (tertiary/aromatic N) is 3. The van der Waals surface area contributed by atoms with Gasteiger partial charge in [0.25, 0.3) is 0 Å². The SMILES string of the molecule is NC/C=C\C=C\c1nc(-c2ccccc2)nc(-c2ccc(-c3ccc4c5c(cccc35)-c3c-4c(-c4ccccc4)c4ccccc4c3-c3ccccc3)cc2)n1. The molecule has 0 fully saturated rings. The van der Waals surface area contributed by atoms with E-state index in [2.05, 4.69) is 140 Å². The average molecular weight is 717 g/mol. The monoisotopic (exact) mass is 716 g/mol. The number of hydrogen-bond acceptors (Lipinski definition) is 4. The molecule has 1 aliphatic carbocycles. The fraction of sp³-hybridized carbons (Fsp3) is 0.0192. The van der Waals surface area contributed by atoms with Gasteiger partial charge in [0.05, 0.1) is 0 Å². The third-order valence-electron chi connectivity index (χ3n) is 10.7. The first-order chi connectivity index (χ1) is 27.8. The maximum Gasteiger partial charge on any atom is 0.164 e. The molecular formula is C52H36N4. The highest BCUT2D eigenvalue weighted by atomic mass is 15.0. The Morgan fingerprint density at radius 3 is 1.45 bits per heavy atom. The minimum Gasteiger partial charge on any atom is -0.327 e. The van der Waals surface area contributed by atoms with Crippen molar-refractivity contribution < 1.29 is 0 Å². The van der Waals surface area contributed by atoms with Crippen LogP contribution in [0, 0.1) is 0 Å². The van der Waals surface area contributed by atoms with Gasteiger partial charge in [0.2, 0.25) is 0 Å². The fourth-order valence-electron chi connectivity index (χ4n) is 8.27. The topological polar surface area (TPSA) is 64.7 Å². The summed E-state index contributed by atoms with van der Waals surface area (Å²) in [5, 5.41) is 5.04. The molecule has 1 heterocycles. The summed E-state index contributed by atoms with van der Waals surface area (Å²) in [5.41, 5.74) is 20.0. The van der Waals surface area contributed by atoms with Crippen LogP contribution in [0.2, 0.25) is 0 Å². The second-order valence-corrected chi connectivity index (χ2v) is 14.0. The highest BCUT2D eigenvalue weighted by molar-refractivity contribution is 6.28. The first-order valence-corrected chi connectivity index (χ1v) is 19.0. The molecule has 1 aliphatic rings. The molecule has 4 nitrogen and oxygen atoms in total. The van der Waals surface area contributed by atoms with Crippen molar-refractivity contribution in [2.45, 2.75) is 0 Å². The Morgan fingerprint density at radius 1 is 0.375 bits per heavy atom. The van der Waals surface area contributed by atoms with Crippen LogP contribution in [0.3, 0.4) is 0 Å². The zero-order valence-electron chi connectivity index (χ0n) is 30.6. The van der Waals surface area contributed by atoms with Gasteiger partial charge in [0.15, 0.2) is 17.5 Å². The molecule has 56 heavy (non-hydrogen) atoms. The minimum absolute atomic E-state index is 0.473. The molecule has 8 aromatic carbocycles. The summed E-state index contributed by atoms with van der Waals surface area (Å²) in [7, 11) is 0. The summed E-state index contributed by atoms with van der Waals surface area (Å²) in [4.78, 5) is 14.5. The Morgan fingerprint density at radius 2 is 0.857 bits per heavy atom. The van der Waals surface area contributed by atoms with Gasteiger partial charge in [-0.3, -0.25) is 0 Å². The third kappa shape index (κ3) is 5.72. The van der Waals surface area contributed by atoms with Crippen molar-refractivity contribution in [1.82, 2.24) is 15.0 Å². The highest BCUT2D eigenvalue weighted by Crippen LogP contribution is 2.58. The maximum atomic E-state index is 5.64. The van der Waals surface area contributed by atoms with Crippen LogP contribution < -0.4 is 5.73 Å². The van der Waals surface area contributed by atoms with Gasteiger partial charge in [-0.1, -0.05) is 188 Å². The molecule has 0 saturated heterocycles. The first-order valence-electron chi connectivity index (χ1n) is 19.0. The largest absolute Gasteiger partial charge is 0.327 e. The summed E-state index contributed by atoms with van der Waals surface area (Å²) >= 11 is 0. The lowest BCUT2D eigenvalue weighted by atomic mass is 9.82. The molecule has 1 aromatic heterocycles. The molecular weight excluding hydrogens is 681 g/mol. The van der Waals surface area contributed by atoms with E-state index in [1.54, 1.807) is 0 Å². The normalized spacial score (nSPS) is 11.9. The fourth-order valence-corrected chi connectivity index (χ4v) is 8.27. The molecule has 2 N–H and O–H groups in total. The van der Waals surface area contributed by atoms with Crippen molar-refractivity contribution in [3.63, 3.8) is 0 Å². The Balaban J connectivity index is 1.14. The zero-order valence-corrected chi connectivity index (χ0v) is 30.6. The molecule has 0 atom stereocenters. The third-order valence-corrected chi connectivity index (χ3v) is 10.7. The molecule has 0 saturated carbocycles. The van der Waals surface area contributed by atoms with Gasteiger partial charge in [-0.25, -0.2) is 15.0 Å². The Kier molecular flexibility index (Phi) is 8.44. The van der Waals surface area contributed by atoms with Crippen LogP contribution >= 0.6 is 0 Å². The van der Waals surface area contributed by atoms with Gasteiger partial charge in [-0.2, -0.15) is 0 Å². The van der Waals surface area contributed by atoms with E-state index in [1.807, 2.05) is 54.6 Å². The maximum absolute atomic E-state index is 5.64. The van der Waals surface area contributed by atoms with E-state index in [4.69, 9.17) is 20.7 Å². The van der Waals surface area contributed by atoms with Crippen LogP contribution in [0.15, 0.2) is 188 Å². The van der Waals surface area contributed by atoms with Gasteiger partial charge in [0, 0.05) is 17.7 Å².